The molecule has 0 fully saturated rings. The number of para-hydroxylation sites is 1. The summed E-state index contributed by atoms with van der Waals surface area (Å²) in [7, 11) is -1.49. The number of halogens is 1. The molecule has 15 heavy (non-hydrogen) atoms. The van der Waals surface area contributed by atoms with Crippen molar-refractivity contribution in [2.45, 2.75) is 13.8 Å². The molecule has 0 saturated heterocycles. The van der Waals surface area contributed by atoms with Gasteiger partial charge in [-0.1, -0.05) is 12.1 Å². The van der Waals surface area contributed by atoms with Gasteiger partial charge < -0.3 is 13.6 Å². The molecule has 0 aliphatic rings. The van der Waals surface area contributed by atoms with Crippen LogP contribution in [-0.4, -0.2) is 13.2 Å². The van der Waals surface area contributed by atoms with Gasteiger partial charge in [-0.15, -0.1) is 0 Å². The van der Waals surface area contributed by atoms with E-state index in [0.29, 0.717) is 13.2 Å². The zero-order chi connectivity index (χ0) is 11.1. The molecule has 0 spiro atoms. The molecular weight excluding hydrogens is 218 g/mol. The van der Waals surface area contributed by atoms with Crippen molar-refractivity contribution in [3.63, 3.8) is 0 Å². The Morgan fingerprint density at radius 1 is 1.13 bits per heavy atom. The normalized spacial score (nSPS) is 10.7. The molecule has 0 bridgehead atoms. The lowest BCUT2D eigenvalue weighted by molar-refractivity contribution is 0.219. The van der Waals surface area contributed by atoms with E-state index < -0.39 is 14.4 Å². The summed E-state index contributed by atoms with van der Waals surface area (Å²) in [5, 5.41) is 0. The van der Waals surface area contributed by atoms with Crippen LogP contribution in [0.25, 0.3) is 0 Å². The maximum atomic E-state index is 13.2. The van der Waals surface area contributed by atoms with Gasteiger partial charge in [0, 0.05) is 0 Å². The maximum absolute atomic E-state index is 13.2. The summed E-state index contributed by atoms with van der Waals surface area (Å²) in [6.45, 7) is 4.61. The van der Waals surface area contributed by atoms with Crippen molar-refractivity contribution in [2.24, 2.45) is 0 Å². The summed E-state index contributed by atoms with van der Waals surface area (Å²) >= 11 is 0. The van der Waals surface area contributed by atoms with Gasteiger partial charge in [0.2, 0.25) is 0 Å². The molecule has 3 nitrogen and oxygen atoms in total. The molecule has 84 valence electrons. The lowest BCUT2D eigenvalue weighted by atomic mass is 10.3. The molecule has 0 N–H and O–H groups in total. The molecule has 0 aromatic heterocycles. The minimum Gasteiger partial charge on any atom is -0.424 e. The minimum atomic E-state index is -1.49. The fourth-order valence-electron chi connectivity index (χ4n) is 0.900. The average molecular weight is 232 g/mol. The second-order valence-corrected chi connectivity index (χ2v) is 3.73. The predicted octanol–water partition coefficient (Wildman–Crippen LogP) is 3.50. The predicted molar refractivity (Wildman–Crippen MR) is 57.2 cm³/mol. The van der Waals surface area contributed by atoms with Crippen LogP contribution in [0.1, 0.15) is 13.8 Å². The van der Waals surface area contributed by atoms with E-state index in [9.17, 15) is 4.39 Å². The zero-order valence-electron chi connectivity index (χ0n) is 8.77. The minimum absolute atomic E-state index is 0.158. The Morgan fingerprint density at radius 3 is 2.27 bits per heavy atom. The van der Waals surface area contributed by atoms with E-state index in [4.69, 9.17) is 13.6 Å². The van der Waals surface area contributed by atoms with E-state index in [0.717, 1.165) is 0 Å². The molecule has 1 aromatic carbocycles. The van der Waals surface area contributed by atoms with E-state index in [-0.39, 0.29) is 5.75 Å². The number of benzene rings is 1. The average Bonchev–Trinajstić information content (AvgIpc) is 2.22. The van der Waals surface area contributed by atoms with Gasteiger partial charge in [0.1, 0.15) is 0 Å². The van der Waals surface area contributed by atoms with Crippen LogP contribution in [0, 0.1) is 5.82 Å². The van der Waals surface area contributed by atoms with Crippen molar-refractivity contribution < 1.29 is 18.0 Å². The Kier molecular flexibility index (Phi) is 5.54. The Balaban J connectivity index is 2.60. The molecule has 0 radical (unpaired) electrons. The van der Waals surface area contributed by atoms with Gasteiger partial charge in [-0.05, 0) is 26.0 Å². The monoisotopic (exact) mass is 232 g/mol. The molecule has 0 aliphatic heterocycles. The molecule has 0 aliphatic carbocycles. The van der Waals surface area contributed by atoms with Gasteiger partial charge in [-0.25, -0.2) is 4.39 Å². The van der Waals surface area contributed by atoms with Gasteiger partial charge in [0.25, 0.3) is 0 Å². The molecule has 0 saturated carbocycles. The molecule has 0 heterocycles. The summed E-state index contributed by atoms with van der Waals surface area (Å²) < 4.78 is 28.9. The van der Waals surface area contributed by atoms with Crippen molar-refractivity contribution in [2.75, 3.05) is 13.2 Å². The van der Waals surface area contributed by atoms with Gasteiger partial charge in [-0.3, -0.25) is 0 Å². The summed E-state index contributed by atoms with van der Waals surface area (Å²) in [6, 6.07) is 6.18. The first-order chi connectivity index (χ1) is 7.27. The van der Waals surface area contributed by atoms with E-state index in [2.05, 4.69) is 0 Å². The lowest BCUT2D eigenvalue weighted by Crippen LogP contribution is -1.98. The standard InChI is InChI=1S/C10H14FO3P/c1-3-12-15(13-4-2)14-10-8-6-5-7-9(10)11/h5-8H,3-4H2,1-2H3. The summed E-state index contributed by atoms with van der Waals surface area (Å²) in [6.07, 6.45) is 0. The highest BCUT2D eigenvalue weighted by Crippen LogP contribution is 2.40. The van der Waals surface area contributed by atoms with Crippen LogP contribution in [0.5, 0.6) is 5.75 Å². The summed E-state index contributed by atoms with van der Waals surface area (Å²) in [5.74, 6) is -0.255. The maximum Gasteiger partial charge on any atom is 0.397 e. The molecule has 0 atom stereocenters. The van der Waals surface area contributed by atoms with Crippen LogP contribution in [0.15, 0.2) is 24.3 Å². The molecule has 1 rings (SSSR count). The van der Waals surface area contributed by atoms with Crippen molar-refractivity contribution in [3.05, 3.63) is 30.1 Å². The third-order valence-electron chi connectivity index (χ3n) is 1.48. The zero-order valence-corrected chi connectivity index (χ0v) is 9.67. The number of rotatable bonds is 6. The Morgan fingerprint density at radius 2 is 1.73 bits per heavy atom. The van der Waals surface area contributed by atoms with Crippen LogP contribution in [-0.2, 0) is 9.05 Å². The quantitative estimate of drug-likeness (QED) is 0.702. The highest BCUT2D eigenvalue weighted by Gasteiger charge is 2.14. The van der Waals surface area contributed by atoms with Crippen molar-refractivity contribution in [1.29, 1.82) is 0 Å². The van der Waals surface area contributed by atoms with E-state index >= 15 is 0 Å². The largest absolute Gasteiger partial charge is 0.424 e. The highest BCUT2D eigenvalue weighted by molar-refractivity contribution is 7.42. The highest BCUT2D eigenvalue weighted by atomic mass is 31.2. The molecule has 0 unspecified atom stereocenters. The number of hydrogen-bond donors (Lipinski definition) is 0. The van der Waals surface area contributed by atoms with Crippen LogP contribution in [0.3, 0.4) is 0 Å². The molecular formula is C10H14FO3P. The van der Waals surface area contributed by atoms with E-state index in [1.807, 2.05) is 13.8 Å². The van der Waals surface area contributed by atoms with E-state index in [1.54, 1.807) is 18.2 Å². The molecule has 5 heteroatoms. The summed E-state index contributed by atoms with van der Waals surface area (Å²) in [4.78, 5) is 0. The van der Waals surface area contributed by atoms with Gasteiger partial charge >= 0.3 is 8.60 Å². The van der Waals surface area contributed by atoms with Crippen LogP contribution >= 0.6 is 8.60 Å². The third-order valence-corrected chi connectivity index (χ3v) is 2.76. The third kappa shape index (κ3) is 4.12. The first kappa shape index (κ1) is 12.4. The van der Waals surface area contributed by atoms with Crippen molar-refractivity contribution in [1.82, 2.24) is 0 Å². The fraction of sp³-hybridized carbons (Fsp3) is 0.400. The Labute approximate surface area is 90.2 Å². The topological polar surface area (TPSA) is 27.7 Å². The first-order valence-electron chi connectivity index (χ1n) is 4.76. The SMILES string of the molecule is CCOP(OCC)Oc1ccccc1F. The first-order valence-corrected chi connectivity index (χ1v) is 5.86. The lowest BCUT2D eigenvalue weighted by Gasteiger charge is -2.15. The number of hydrogen-bond acceptors (Lipinski definition) is 3. The van der Waals surface area contributed by atoms with Crippen LogP contribution < -0.4 is 4.52 Å². The smallest absolute Gasteiger partial charge is 0.397 e. The second-order valence-electron chi connectivity index (χ2n) is 2.58. The van der Waals surface area contributed by atoms with Crippen LogP contribution in [0.2, 0.25) is 0 Å². The molecule has 1 aromatic rings. The van der Waals surface area contributed by atoms with Crippen molar-refractivity contribution >= 4 is 8.60 Å². The van der Waals surface area contributed by atoms with E-state index in [1.165, 1.54) is 6.07 Å². The molecule has 0 amide bonds. The van der Waals surface area contributed by atoms with Crippen molar-refractivity contribution in [3.8, 4) is 5.75 Å². The van der Waals surface area contributed by atoms with Gasteiger partial charge in [-0.2, -0.15) is 0 Å². The fourth-order valence-corrected chi connectivity index (χ4v) is 1.81. The van der Waals surface area contributed by atoms with Crippen LogP contribution in [0.4, 0.5) is 4.39 Å². The summed E-state index contributed by atoms with van der Waals surface area (Å²) in [5.41, 5.74) is 0. The second kappa shape index (κ2) is 6.72. The van der Waals surface area contributed by atoms with Gasteiger partial charge in [0.05, 0.1) is 13.2 Å². The Bertz CT molecular complexity index is 290. The Hall–Kier alpha value is -0.700. The van der Waals surface area contributed by atoms with Gasteiger partial charge in [0.15, 0.2) is 11.6 Å².